The van der Waals surface area contributed by atoms with Crippen LogP contribution in [-0.2, 0) is 19.0 Å². The molecule has 0 aliphatic rings. The zero-order valence-corrected chi connectivity index (χ0v) is 14.3. The first-order valence-electron chi connectivity index (χ1n) is 7.27. The summed E-state index contributed by atoms with van der Waals surface area (Å²) in [5.74, 6) is -0.213. The second-order valence-corrected chi connectivity index (χ2v) is 6.27. The lowest BCUT2D eigenvalue weighted by molar-refractivity contribution is -0.152. The van der Waals surface area contributed by atoms with E-state index in [0.29, 0.717) is 6.42 Å². The van der Waals surface area contributed by atoms with E-state index >= 15 is 0 Å². The molecule has 0 rings (SSSR count). The van der Waals surface area contributed by atoms with Gasteiger partial charge in [-0.2, -0.15) is 0 Å². The molecular formula is C15H29NO5. The fourth-order valence-corrected chi connectivity index (χ4v) is 1.77. The summed E-state index contributed by atoms with van der Waals surface area (Å²) in [4.78, 5) is 25.7. The van der Waals surface area contributed by atoms with E-state index in [2.05, 4.69) is 0 Å². The first-order chi connectivity index (χ1) is 9.62. The molecule has 0 heterocycles. The minimum Gasteiger partial charge on any atom is -0.464 e. The molecule has 1 amide bonds. The van der Waals surface area contributed by atoms with Gasteiger partial charge in [-0.15, -0.1) is 0 Å². The Labute approximate surface area is 127 Å². The van der Waals surface area contributed by atoms with Crippen LogP contribution in [0.1, 0.15) is 48.0 Å². The number of hydrogen-bond donors (Lipinski definition) is 0. The summed E-state index contributed by atoms with van der Waals surface area (Å²) in [6.07, 6.45) is -0.0930. The molecule has 0 bridgehead atoms. The monoisotopic (exact) mass is 303 g/mol. The van der Waals surface area contributed by atoms with Crippen molar-refractivity contribution in [3.8, 4) is 0 Å². The van der Waals surface area contributed by atoms with E-state index in [1.54, 1.807) is 27.7 Å². The quantitative estimate of drug-likeness (QED) is 0.534. The molecule has 124 valence electrons. The smallest absolute Gasteiger partial charge is 0.412 e. The normalized spacial score (nSPS) is 13.0. The molecule has 0 unspecified atom stereocenters. The summed E-state index contributed by atoms with van der Waals surface area (Å²) >= 11 is 0. The maximum atomic E-state index is 12.3. The van der Waals surface area contributed by atoms with Gasteiger partial charge >= 0.3 is 12.1 Å². The Bertz CT molecular complexity index is 335. The minimum absolute atomic E-state index is 0.0227. The average Bonchev–Trinajstić information content (AvgIpc) is 2.31. The van der Waals surface area contributed by atoms with Crippen LogP contribution in [0.2, 0.25) is 0 Å². The van der Waals surface area contributed by atoms with Crippen molar-refractivity contribution in [3.63, 3.8) is 0 Å². The number of methoxy groups -OCH3 is 1. The molecule has 0 radical (unpaired) electrons. The fourth-order valence-electron chi connectivity index (χ4n) is 1.77. The molecule has 6 heteroatoms. The topological polar surface area (TPSA) is 65.1 Å². The number of amides is 1. The largest absolute Gasteiger partial charge is 0.464 e. The summed E-state index contributed by atoms with van der Waals surface area (Å²) in [7, 11) is 1.47. The molecule has 0 spiro atoms. The van der Waals surface area contributed by atoms with Gasteiger partial charge in [-0.25, -0.2) is 9.59 Å². The van der Waals surface area contributed by atoms with Crippen molar-refractivity contribution in [1.82, 2.24) is 4.90 Å². The maximum Gasteiger partial charge on any atom is 0.412 e. The molecule has 0 aromatic carbocycles. The lowest BCUT2D eigenvalue weighted by Crippen LogP contribution is -2.49. The van der Waals surface area contributed by atoms with Crippen molar-refractivity contribution in [1.29, 1.82) is 0 Å². The van der Waals surface area contributed by atoms with Gasteiger partial charge in [0.2, 0.25) is 0 Å². The van der Waals surface area contributed by atoms with Crippen LogP contribution in [0.25, 0.3) is 0 Å². The summed E-state index contributed by atoms with van der Waals surface area (Å²) in [5.41, 5.74) is -0.639. The van der Waals surface area contributed by atoms with Crippen LogP contribution in [0.3, 0.4) is 0 Å². The molecule has 0 saturated carbocycles. The average molecular weight is 303 g/mol. The van der Waals surface area contributed by atoms with Crippen LogP contribution in [0.15, 0.2) is 0 Å². The van der Waals surface area contributed by atoms with E-state index in [4.69, 9.17) is 14.2 Å². The Morgan fingerprint density at radius 3 is 2.14 bits per heavy atom. The van der Waals surface area contributed by atoms with Gasteiger partial charge in [-0.3, -0.25) is 4.90 Å². The van der Waals surface area contributed by atoms with Gasteiger partial charge < -0.3 is 14.2 Å². The summed E-state index contributed by atoms with van der Waals surface area (Å²) in [6, 6.07) is -0.709. The van der Waals surface area contributed by atoms with Gasteiger partial charge in [0.1, 0.15) is 18.4 Å². The Morgan fingerprint density at radius 1 is 1.19 bits per heavy atom. The fraction of sp³-hybridized carbons (Fsp3) is 0.867. The van der Waals surface area contributed by atoms with E-state index in [9.17, 15) is 9.59 Å². The highest BCUT2D eigenvalue weighted by Gasteiger charge is 2.34. The van der Waals surface area contributed by atoms with E-state index < -0.39 is 23.7 Å². The summed E-state index contributed by atoms with van der Waals surface area (Å²) in [5, 5.41) is 0. The zero-order chi connectivity index (χ0) is 16.6. The standard InChI is InChI=1S/C15H29NO5/c1-8-20-13(17)12(9-11(2)3)16(10-19-7)14(18)21-15(4,5)6/h11-12H,8-10H2,1-7H3/t12-/m0/s1. The van der Waals surface area contributed by atoms with E-state index in [-0.39, 0.29) is 19.3 Å². The van der Waals surface area contributed by atoms with Crippen molar-refractivity contribution in [2.75, 3.05) is 20.4 Å². The van der Waals surface area contributed by atoms with Gasteiger partial charge in [-0.1, -0.05) is 13.8 Å². The highest BCUT2D eigenvalue weighted by atomic mass is 16.6. The molecule has 21 heavy (non-hydrogen) atoms. The van der Waals surface area contributed by atoms with Crippen LogP contribution < -0.4 is 0 Å². The molecule has 0 aliphatic heterocycles. The van der Waals surface area contributed by atoms with Gasteiger partial charge in [-0.05, 0) is 40.0 Å². The molecule has 0 N–H and O–H groups in total. The number of rotatable bonds is 7. The number of carbonyl (C=O) groups is 2. The van der Waals surface area contributed by atoms with Gasteiger partial charge in [0.25, 0.3) is 0 Å². The third kappa shape index (κ3) is 7.90. The number of carbonyl (C=O) groups excluding carboxylic acids is 2. The third-order valence-corrected chi connectivity index (χ3v) is 2.53. The molecule has 6 nitrogen and oxygen atoms in total. The number of nitrogens with zero attached hydrogens (tertiary/aromatic N) is 1. The van der Waals surface area contributed by atoms with Crippen molar-refractivity contribution in [2.24, 2.45) is 5.92 Å². The second-order valence-electron chi connectivity index (χ2n) is 6.27. The third-order valence-electron chi connectivity index (χ3n) is 2.53. The van der Waals surface area contributed by atoms with E-state index in [1.165, 1.54) is 12.0 Å². The molecule has 0 aromatic rings. The van der Waals surface area contributed by atoms with Crippen LogP contribution >= 0.6 is 0 Å². The van der Waals surface area contributed by atoms with Crippen molar-refractivity contribution in [2.45, 2.75) is 59.6 Å². The van der Waals surface area contributed by atoms with Gasteiger partial charge in [0, 0.05) is 7.11 Å². The Morgan fingerprint density at radius 2 is 1.76 bits per heavy atom. The first kappa shape index (κ1) is 19.7. The van der Waals surface area contributed by atoms with Crippen LogP contribution in [-0.4, -0.2) is 49.1 Å². The van der Waals surface area contributed by atoms with Crippen LogP contribution in [0.4, 0.5) is 4.79 Å². The molecule has 1 atom stereocenters. The Balaban J connectivity index is 5.20. The number of ether oxygens (including phenoxy) is 3. The van der Waals surface area contributed by atoms with Crippen LogP contribution in [0.5, 0.6) is 0 Å². The SMILES string of the molecule is CCOC(=O)[C@H](CC(C)C)N(COC)C(=O)OC(C)(C)C. The second kappa shape index (κ2) is 8.87. The Kier molecular flexibility index (Phi) is 8.32. The van der Waals surface area contributed by atoms with Gasteiger partial charge in [0.15, 0.2) is 0 Å². The molecule has 0 fully saturated rings. The highest BCUT2D eigenvalue weighted by molar-refractivity contribution is 5.81. The Hall–Kier alpha value is -1.30. The van der Waals surface area contributed by atoms with Crippen molar-refractivity contribution in [3.05, 3.63) is 0 Å². The number of hydrogen-bond acceptors (Lipinski definition) is 5. The van der Waals surface area contributed by atoms with E-state index in [1.807, 2.05) is 13.8 Å². The maximum absolute atomic E-state index is 12.3. The zero-order valence-electron chi connectivity index (χ0n) is 14.3. The molecule has 0 aromatic heterocycles. The highest BCUT2D eigenvalue weighted by Crippen LogP contribution is 2.18. The van der Waals surface area contributed by atoms with Crippen LogP contribution in [0, 0.1) is 5.92 Å². The predicted molar refractivity (Wildman–Crippen MR) is 79.8 cm³/mol. The summed E-state index contributed by atoms with van der Waals surface area (Å²) in [6.45, 7) is 11.3. The first-order valence-corrected chi connectivity index (χ1v) is 7.27. The van der Waals surface area contributed by atoms with Crippen molar-refractivity contribution < 1.29 is 23.8 Å². The molecular weight excluding hydrogens is 274 g/mol. The van der Waals surface area contributed by atoms with E-state index in [0.717, 1.165) is 0 Å². The molecule has 0 saturated heterocycles. The predicted octanol–water partition coefficient (Wildman–Crippen LogP) is 2.81. The lowest BCUT2D eigenvalue weighted by Gasteiger charge is -2.32. The summed E-state index contributed by atoms with van der Waals surface area (Å²) < 4.78 is 15.5. The minimum atomic E-state index is -0.709. The number of esters is 1. The molecule has 0 aliphatic carbocycles. The van der Waals surface area contributed by atoms with Crippen molar-refractivity contribution >= 4 is 12.1 Å². The van der Waals surface area contributed by atoms with Gasteiger partial charge in [0.05, 0.1) is 6.61 Å². The lowest BCUT2D eigenvalue weighted by atomic mass is 10.0.